The fourth-order valence-corrected chi connectivity index (χ4v) is 4.25. The molecular weight excluding hydrogens is 216 g/mol. The van der Waals surface area contributed by atoms with Crippen LogP contribution in [-0.2, 0) is 14.6 Å². The predicted octanol–water partition coefficient (Wildman–Crippen LogP) is -0.957. The Morgan fingerprint density at radius 3 is 2.87 bits per heavy atom. The first-order valence-electron chi connectivity index (χ1n) is 5.24. The molecule has 6 heteroatoms. The van der Waals surface area contributed by atoms with Crippen LogP contribution in [0.3, 0.4) is 0 Å². The number of carbonyl (C=O) groups excluding carboxylic acids is 1. The minimum Gasteiger partial charge on any atom is -0.354 e. The molecule has 1 unspecified atom stereocenters. The summed E-state index contributed by atoms with van der Waals surface area (Å²) >= 11 is 0. The molecule has 0 saturated carbocycles. The highest BCUT2D eigenvalue weighted by Crippen LogP contribution is 2.23. The molecule has 5 nitrogen and oxygen atoms in total. The number of nitrogens with one attached hydrogen (secondary N) is 2. The largest absolute Gasteiger partial charge is 0.354 e. The lowest BCUT2D eigenvalue weighted by Gasteiger charge is -2.36. The third-order valence-corrected chi connectivity index (χ3v) is 4.99. The van der Waals surface area contributed by atoms with Crippen LogP contribution in [0.4, 0.5) is 0 Å². The monoisotopic (exact) mass is 232 g/mol. The molecule has 2 aliphatic rings. The zero-order valence-electron chi connectivity index (χ0n) is 8.58. The van der Waals surface area contributed by atoms with E-state index in [1.165, 1.54) is 0 Å². The van der Waals surface area contributed by atoms with E-state index in [0.29, 0.717) is 25.9 Å². The van der Waals surface area contributed by atoms with E-state index in [1.807, 2.05) is 0 Å². The van der Waals surface area contributed by atoms with E-state index in [-0.39, 0.29) is 17.4 Å². The van der Waals surface area contributed by atoms with E-state index in [9.17, 15) is 13.2 Å². The maximum Gasteiger partial charge on any atom is 0.221 e. The standard InChI is InChI=1S/C9H16N2O3S/c12-8-2-4-11-9(6-10-8)3-1-5-15(13,14)7-9/h11H,1-7H2,(H,10,12). The minimum atomic E-state index is -2.94. The Hall–Kier alpha value is -0.620. The summed E-state index contributed by atoms with van der Waals surface area (Å²) in [6, 6.07) is 0. The molecule has 0 aliphatic carbocycles. The van der Waals surface area contributed by atoms with Crippen LogP contribution in [0, 0.1) is 0 Å². The third-order valence-electron chi connectivity index (χ3n) is 3.08. The highest BCUT2D eigenvalue weighted by Gasteiger charge is 2.39. The first-order chi connectivity index (χ1) is 7.02. The lowest BCUT2D eigenvalue weighted by atomic mass is 9.95. The average molecular weight is 232 g/mol. The Kier molecular flexibility index (Phi) is 2.72. The molecule has 0 bridgehead atoms. The molecule has 15 heavy (non-hydrogen) atoms. The van der Waals surface area contributed by atoms with Gasteiger partial charge in [-0.15, -0.1) is 0 Å². The van der Waals surface area contributed by atoms with Gasteiger partial charge in [0.1, 0.15) is 0 Å². The van der Waals surface area contributed by atoms with Crippen LogP contribution in [0.1, 0.15) is 19.3 Å². The van der Waals surface area contributed by atoms with Gasteiger partial charge in [0.05, 0.1) is 11.5 Å². The van der Waals surface area contributed by atoms with Gasteiger partial charge in [-0.25, -0.2) is 8.42 Å². The Labute approximate surface area is 89.5 Å². The Balaban J connectivity index is 2.14. The SMILES string of the molecule is O=C1CCNC2(CCCS(=O)(=O)C2)CN1. The van der Waals surface area contributed by atoms with Gasteiger partial charge in [-0.05, 0) is 12.8 Å². The van der Waals surface area contributed by atoms with Crippen molar-refractivity contribution in [2.45, 2.75) is 24.8 Å². The van der Waals surface area contributed by atoms with Crippen molar-refractivity contribution >= 4 is 15.7 Å². The van der Waals surface area contributed by atoms with Crippen molar-refractivity contribution in [2.75, 3.05) is 24.6 Å². The van der Waals surface area contributed by atoms with E-state index in [4.69, 9.17) is 0 Å². The highest BCUT2D eigenvalue weighted by molar-refractivity contribution is 7.91. The van der Waals surface area contributed by atoms with Crippen LogP contribution >= 0.6 is 0 Å². The van der Waals surface area contributed by atoms with Gasteiger partial charge in [0.2, 0.25) is 5.91 Å². The van der Waals surface area contributed by atoms with Crippen molar-refractivity contribution in [3.63, 3.8) is 0 Å². The minimum absolute atomic E-state index is 0.00217. The van der Waals surface area contributed by atoms with Crippen molar-refractivity contribution in [1.82, 2.24) is 10.6 Å². The van der Waals surface area contributed by atoms with Gasteiger partial charge in [-0.3, -0.25) is 4.79 Å². The van der Waals surface area contributed by atoms with E-state index >= 15 is 0 Å². The van der Waals surface area contributed by atoms with Crippen molar-refractivity contribution < 1.29 is 13.2 Å². The number of hydrogen-bond acceptors (Lipinski definition) is 4. The zero-order valence-corrected chi connectivity index (χ0v) is 9.40. The summed E-state index contributed by atoms with van der Waals surface area (Å²) in [6.07, 6.45) is 1.94. The summed E-state index contributed by atoms with van der Waals surface area (Å²) in [7, 11) is -2.94. The number of rotatable bonds is 0. The Bertz CT molecular complexity index is 366. The van der Waals surface area contributed by atoms with Crippen molar-refractivity contribution in [1.29, 1.82) is 0 Å². The summed E-state index contributed by atoms with van der Waals surface area (Å²) in [5.74, 6) is 0.437. The summed E-state index contributed by atoms with van der Waals surface area (Å²) in [5, 5.41) is 6.00. The maximum absolute atomic E-state index is 11.6. The van der Waals surface area contributed by atoms with E-state index in [0.717, 1.165) is 6.42 Å². The topological polar surface area (TPSA) is 75.3 Å². The average Bonchev–Trinajstić information content (AvgIpc) is 2.28. The third kappa shape index (κ3) is 2.49. The predicted molar refractivity (Wildman–Crippen MR) is 56.2 cm³/mol. The van der Waals surface area contributed by atoms with Gasteiger partial charge >= 0.3 is 0 Å². The second-order valence-electron chi connectivity index (χ2n) is 4.43. The molecule has 1 amide bonds. The first kappa shape index (κ1) is 10.9. The molecule has 86 valence electrons. The summed E-state index contributed by atoms with van der Waals surface area (Å²) in [6.45, 7) is 1.01. The van der Waals surface area contributed by atoms with Crippen LogP contribution in [0.25, 0.3) is 0 Å². The molecule has 2 heterocycles. The molecule has 0 aromatic heterocycles. The number of hydrogen-bond donors (Lipinski definition) is 2. The van der Waals surface area contributed by atoms with E-state index < -0.39 is 15.4 Å². The van der Waals surface area contributed by atoms with E-state index in [1.54, 1.807) is 0 Å². The molecule has 1 atom stereocenters. The second kappa shape index (κ2) is 3.75. The van der Waals surface area contributed by atoms with Crippen LogP contribution in [0.5, 0.6) is 0 Å². The first-order valence-corrected chi connectivity index (χ1v) is 7.06. The molecule has 0 radical (unpaired) electrons. The Morgan fingerprint density at radius 2 is 2.13 bits per heavy atom. The number of amides is 1. The fraction of sp³-hybridized carbons (Fsp3) is 0.889. The molecular formula is C9H16N2O3S. The normalized spacial score (nSPS) is 35.9. The van der Waals surface area contributed by atoms with Gasteiger partial charge < -0.3 is 10.6 Å². The lowest BCUT2D eigenvalue weighted by Crippen LogP contribution is -2.57. The lowest BCUT2D eigenvalue weighted by molar-refractivity contribution is -0.120. The molecule has 2 rings (SSSR count). The van der Waals surface area contributed by atoms with Gasteiger partial charge in [0, 0.05) is 25.0 Å². The Morgan fingerprint density at radius 1 is 1.33 bits per heavy atom. The molecule has 2 N–H and O–H groups in total. The number of sulfone groups is 1. The van der Waals surface area contributed by atoms with Gasteiger partial charge in [0.25, 0.3) is 0 Å². The van der Waals surface area contributed by atoms with E-state index in [2.05, 4.69) is 10.6 Å². The molecule has 2 saturated heterocycles. The van der Waals surface area contributed by atoms with Crippen molar-refractivity contribution in [3.8, 4) is 0 Å². The summed E-state index contributed by atoms with van der Waals surface area (Å²) in [4.78, 5) is 11.2. The van der Waals surface area contributed by atoms with Crippen LogP contribution in [0.15, 0.2) is 0 Å². The summed E-state index contributed by atoms with van der Waals surface area (Å²) < 4.78 is 23.1. The fourth-order valence-electron chi connectivity index (χ4n) is 2.33. The number of carbonyl (C=O) groups is 1. The quantitative estimate of drug-likeness (QED) is 0.564. The van der Waals surface area contributed by atoms with Crippen molar-refractivity contribution in [2.24, 2.45) is 0 Å². The van der Waals surface area contributed by atoms with Gasteiger partial charge in [-0.2, -0.15) is 0 Å². The second-order valence-corrected chi connectivity index (χ2v) is 6.61. The summed E-state index contributed by atoms with van der Waals surface area (Å²) in [5.41, 5.74) is -0.413. The smallest absolute Gasteiger partial charge is 0.221 e. The highest BCUT2D eigenvalue weighted by atomic mass is 32.2. The molecule has 2 aliphatic heterocycles. The van der Waals surface area contributed by atoms with Crippen LogP contribution < -0.4 is 10.6 Å². The van der Waals surface area contributed by atoms with Crippen LogP contribution in [0.2, 0.25) is 0 Å². The zero-order chi connectivity index (χ0) is 10.9. The molecule has 2 fully saturated rings. The van der Waals surface area contributed by atoms with Crippen LogP contribution in [-0.4, -0.2) is 44.5 Å². The molecule has 1 spiro atoms. The van der Waals surface area contributed by atoms with Gasteiger partial charge in [0.15, 0.2) is 9.84 Å². The maximum atomic E-state index is 11.6. The van der Waals surface area contributed by atoms with Gasteiger partial charge in [-0.1, -0.05) is 0 Å². The molecule has 0 aromatic rings. The van der Waals surface area contributed by atoms with Crippen molar-refractivity contribution in [3.05, 3.63) is 0 Å². The molecule has 0 aromatic carbocycles.